The van der Waals surface area contributed by atoms with E-state index in [4.69, 9.17) is 0 Å². The first kappa shape index (κ1) is 8.82. The Kier molecular flexibility index (Phi) is 1.77. The zero-order valence-electron chi connectivity index (χ0n) is 7.44. The van der Waals surface area contributed by atoms with Gasteiger partial charge in [-0.3, -0.25) is 14.9 Å². The monoisotopic (exact) mass is 235 g/mol. The van der Waals surface area contributed by atoms with E-state index in [9.17, 15) is 9.59 Å². The molecule has 5 heteroatoms. The minimum atomic E-state index is -0.283. The molecule has 3 nitrogen and oxygen atoms in total. The molecule has 0 radical (unpaired) electrons. The Balaban J connectivity index is 2.25. The highest BCUT2D eigenvalue weighted by Gasteiger charge is 2.31. The van der Waals surface area contributed by atoms with Crippen LogP contribution < -0.4 is 5.32 Å². The number of nitrogens with one attached hydrogen (secondary N) is 1. The number of carbonyl (C=O) groups excluding carboxylic acids is 2. The van der Waals surface area contributed by atoms with Gasteiger partial charge in [0.15, 0.2) is 0 Å². The number of hydrogen-bond acceptors (Lipinski definition) is 4. The van der Waals surface area contributed by atoms with Crippen molar-refractivity contribution < 1.29 is 9.59 Å². The largest absolute Gasteiger partial charge is 0.288 e. The number of rotatable bonds is 1. The molecule has 0 fully saturated rings. The van der Waals surface area contributed by atoms with E-state index in [2.05, 4.69) is 5.32 Å². The van der Waals surface area contributed by atoms with E-state index in [-0.39, 0.29) is 11.8 Å². The quantitative estimate of drug-likeness (QED) is 0.771. The lowest BCUT2D eigenvalue weighted by molar-refractivity contribution is 0.0880. The second-order valence-corrected chi connectivity index (χ2v) is 4.94. The summed E-state index contributed by atoms with van der Waals surface area (Å²) in [6.07, 6.45) is 0. The zero-order chi connectivity index (χ0) is 10.4. The summed E-state index contributed by atoms with van der Waals surface area (Å²) in [7, 11) is 0. The molecule has 1 aliphatic rings. The minimum absolute atomic E-state index is 0.278. The normalized spacial score (nSPS) is 14.1. The molecule has 0 atom stereocenters. The van der Waals surface area contributed by atoms with E-state index in [0.717, 1.165) is 9.75 Å². The maximum Gasteiger partial charge on any atom is 0.260 e. The van der Waals surface area contributed by atoms with E-state index in [1.807, 2.05) is 17.5 Å². The van der Waals surface area contributed by atoms with Crippen LogP contribution in [0.3, 0.4) is 0 Å². The van der Waals surface area contributed by atoms with Crippen LogP contribution in [0.5, 0.6) is 0 Å². The lowest BCUT2D eigenvalue weighted by Gasteiger charge is -1.94. The molecule has 2 aromatic heterocycles. The number of thiophene rings is 2. The highest BCUT2D eigenvalue weighted by molar-refractivity contribution is 7.21. The summed E-state index contributed by atoms with van der Waals surface area (Å²) in [5, 5.41) is 5.99. The molecule has 15 heavy (non-hydrogen) atoms. The number of hydrogen-bond donors (Lipinski definition) is 1. The van der Waals surface area contributed by atoms with Crippen molar-refractivity contribution >= 4 is 34.5 Å². The highest BCUT2D eigenvalue weighted by Crippen LogP contribution is 2.37. The first-order valence-corrected chi connectivity index (χ1v) is 6.04. The SMILES string of the molecule is O=C1NC(=O)c2c1csc2-c1cccs1. The molecule has 1 N–H and O–H groups in total. The van der Waals surface area contributed by atoms with Gasteiger partial charge in [-0.15, -0.1) is 22.7 Å². The van der Waals surface area contributed by atoms with Crippen LogP contribution in [0.25, 0.3) is 9.75 Å². The smallest absolute Gasteiger partial charge is 0.260 e. The molecule has 1 aliphatic heterocycles. The maximum atomic E-state index is 11.5. The Hall–Kier alpha value is -1.46. The van der Waals surface area contributed by atoms with E-state index in [1.165, 1.54) is 11.3 Å². The van der Waals surface area contributed by atoms with Crippen LogP contribution in [0.15, 0.2) is 22.9 Å². The van der Waals surface area contributed by atoms with Crippen molar-refractivity contribution in [3.63, 3.8) is 0 Å². The lowest BCUT2D eigenvalue weighted by Crippen LogP contribution is -2.20. The number of carbonyl (C=O) groups is 2. The Morgan fingerprint density at radius 2 is 2.00 bits per heavy atom. The predicted molar refractivity (Wildman–Crippen MR) is 59.4 cm³/mol. The van der Waals surface area contributed by atoms with Gasteiger partial charge in [0.2, 0.25) is 0 Å². The lowest BCUT2D eigenvalue weighted by atomic mass is 10.1. The summed E-state index contributed by atoms with van der Waals surface area (Å²) in [5.41, 5.74) is 1.04. The van der Waals surface area contributed by atoms with Gasteiger partial charge >= 0.3 is 0 Å². The third-order valence-electron chi connectivity index (χ3n) is 2.23. The topological polar surface area (TPSA) is 46.2 Å². The van der Waals surface area contributed by atoms with Crippen molar-refractivity contribution in [1.82, 2.24) is 5.32 Å². The Morgan fingerprint density at radius 3 is 2.73 bits per heavy atom. The van der Waals surface area contributed by atoms with Gasteiger partial charge in [0, 0.05) is 10.3 Å². The second kappa shape index (κ2) is 3.01. The van der Waals surface area contributed by atoms with Crippen LogP contribution in [0.2, 0.25) is 0 Å². The van der Waals surface area contributed by atoms with Gasteiger partial charge in [-0.05, 0) is 11.4 Å². The van der Waals surface area contributed by atoms with E-state index in [0.29, 0.717) is 11.1 Å². The van der Waals surface area contributed by atoms with Crippen LogP contribution in [-0.4, -0.2) is 11.8 Å². The zero-order valence-corrected chi connectivity index (χ0v) is 9.08. The molecule has 0 saturated carbocycles. The molecule has 0 aromatic carbocycles. The molecule has 2 amide bonds. The van der Waals surface area contributed by atoms with Gasteiger partial charge in [-0.25, -0.2) is 0 Å². The minimum Gasteiger partial charge on any atom is -0.288 e. The summed E-state index contributed by atoms with van der Waals surface area (Å²) in [5.74, 6) is -0.561. The van der Waals surface area contributed by atoms with Crippen LogP contribution in [0.1, 0.15) is 20.7 Å². The van der Waals surface area contributed by atoms with Crippen molar-refractivity contribution in [3.8, 4) is 9.75 Å². The maximum absolute atomic E-state index is 11.5. The average Bonchev–Trinajstić information content (AvgIpc) is 2.88. The van der Waals surface area contributed by atoms with E-state index in [1.54, 1.807) is 16.7 Å². The molecule has 0 saturated heterocycles. The number of fused-ring (bicyclic) bond motifs is 1. The molecule has 0 bridgehead atoms. The van der Waals surface area contributed by atoms with Crippen LogP contribution >= 0.6 is 22.7 Å². The van der Waals surface area contributed by atoms with Crippen LogP contribution in [0.4, 0.5) is 0 Å². The molecular weight excluding hydrogens is 230 g/mol. The van der Waals surface area contributed by atoms with Crippen molar-refractivity contribution in [3.05, 3.63) is 34.0 Å². The van der Waals surface area contributed by atoms with Crippen LogP contribution in [0, 0.1) is 0 Å². The van der Waals surface area contributed by atoms with Crippen molar-refractivity contribution in [2.24, 2.45) is 0 Å². The fourth-order valence-corrected chi connectivity index (χ4v) is 3.50. The molecule has 3 heterocycles. The van der Waals surface area contributed by atoms with Crippen LogP contribution in [-0.2, 0) is 0 Å². The van der Waals surface area contributed by atoms with Crippen molar-refractivity contribution in [1.29, 1.82) is 0 Å². The fourth-order valence-electron chi connectivity index (χ4n) is 1.57. The summed E-state index contributed by atoms with van der Waals surface area (Å²) in [4.78, 5) is 24.8. The summed E-state index contributed by atoms with van der Waals surface area (Å²) in [6, 6.07) is 3.88. The summed E-state index contributed by atoms with van der Waals surface area (Å²) in [6.45, 7) is 0. The Bertz CT molecular complexity index is 554. The molecule has 0 aliphatic carbocycles. The predicted octanol–water partition coefficient (Wildman–Crippen LogP) is 2.36. The average molecular weight is 235 g/mol. The summed E-state index contributed by atoms with van der Waals surface area (Å²) < 4.78 is 0. The van der Waals surface area contributed by atoms with Gasteiger partial charge in [-0.1, -0.05) is 6.07 Å². The van der Waals surface area contributed by atoms with Gasteiger partial charge in [0.1, 0.15) is 0 Å². The van der Waals surface area contributed by atoms with Gasteiger partial charge in [-0.2, -0.15) is 0 Å². The standard InChI is InChI=1S/C10H5NO2S2/c12-9-5-4-15-8(6-2-1-3-14-6)7(5)10(13)11-9/h1-4H,(H,11,12,13). The molecule has 74 valence electrons. The third-order valence-corrected chi connectivity index (χ3v) is 4.26. The number of amides is 2. The van der Waals surface area contributed by atoms with E-state index >= 15 is 0 Å². The first-order valence-electron chi connectivity index (χ1n) is 4.28. The molecule has 0 spiro atoms. The van der Waals surface area contributed by atoms with Gasteiger partial charge in [0.05, 0.1) is 16.0 Å². The molecular formula is C10H5NO2S2. The second-order valence-electron chi connectivity index (χ2n) is 3.11. The third kappa shape index (κ3) is 1.17. The Morgan fingerprint density at radius 1 is 1.13 bits per heavy atom. The van der Waals surface area contributed by atoms with Crippen molar-refractivity contribution in [2.45, 2.75) is 0 Å². The summed E-state index contributed by atoms with van der Waals surface area (Å²) >= 11 is 3.02. The fraction of sp³-hybridized carbons (Fsp3) is 0. The van der Waals surface area contributed by atoms with E-state index < -0.39 is 0 Å². The first-order chi connectivity index (χ1) is 7.27. The van der Waals surface area contributed by atoms with Crippen molar-refractivity contribution in [2.75, 3.05) is 0 Å². The highest BCUT2D eigenvalue weighted by atomic mass is 32.1. The van der Waals surface area contributed by atoms with Gasteiger partial charge in [0.25, 0.3) is 11.8 Å². The number of imide groups is 1. The molecule has 3 rings (SSSR count). The Labute approximate surface area is 93.4 Å². The molecule has 2 aromatic rings. The van der Waals surface area contributed by atoms with Gasteiger partial charge < -0.3 is 0 Å². The molecule has 0 unspecified atom stereocenters.